The van der Waals surface area contributed by atoms with Gasteiger partial charge in [-0.25, -0.2) is 9.97 Å². The number of nitrogens with two attached hydrogens (primary N) is 1. The van der Waals surface area contributed by atoms with E-state index < -0.39 is 0 Å². The molecule has 1 aliphatic heterocycles. The molecule has 8 nitrogen and oxygen atoms in total. The lowest BCUT2D eigenvalue weighted by atomic mass is 10.1. The maximum Gasteiger partial charge on any atom is 0.262 e. The van der Waals surface area contributed by atoms with Gasteiger partial charge in [0.1, 0.15) is 11.2 Å². The van der Waals surface area contributed by atoms with E-state index in [0.717, 1.165) is 44.0 Å². The van der Waals surface area contributed by atoms with Crippen molar-refractivity contribution in [2.45, 2.75) is 6.42 Å². The number of nitrogens with one attached hydrogen (secondary N) is 2. The van der Waals surface area contributed by atoms with Crippen molar-refractivity contribution in [2.75, 3.05) is 49.6 Å². The summed E-state index contributed by atoms with van der Waals surface area (Å²) in [6.45, 7) is 4.53. The van der Waals surface area contributed by atoms with Crippen molar-refractivity contribution in [3.05, 3.63) is 47.0 Å². The van der Waals surface area contributed by atoms with Crippen molar-refractivity contribution in [3.8, 4) is 11.3 Å². The minimum Gasteiger partial charge on any atom is -0.378 e. The van der Waals surface area contributed by atoms with Crippen LogP contribution in [0.3, 0.4) is 0 Å². The van der Waals surface area contributed by atoms with Gasteiger partial charge in [-0.05, 0) is 31.2 Å². The second-order valence-electron chi connectivity index (χ2n) is 6.70. The molecule has 0 aliphatic carbocycles. The van der Waals surface area contributed by atoms with Gasteiger partial charge in [-0.3, -0.25) is 4.79 Å². The van der Waals surface area contributed by atoms with Gasteiger partial charge in [-0.15, -0.1) is 0 Å². The third-order valence-corrected chi connectivity index (χ3v) is 4.84. The van der Waals surface area contributed by atoms with Crippen LogP contribution >= 0.6 is 0 Å². The molecule has 0 unspecified atom stereocenters. The monoisotopic (exact) mass is 380 g/mol. The third kappa shape index (κ3) is 3.83. The Bertz CT molecular complexity index is 996. The lowest BCUT2D eigenvalue weighted by molar-refractivity contribution is 0.122. The molecule has 1 aliphatic rings. The Labute approximate surface area is 162 Å². The zero-order valence-corrected chi connectivity index (χ0v) is 15.6. The summed E-state index contributed by atoms with van der Waals surface area (Å²) in [6, 6.07) is 10.1. The number of aromatic nitrogens is 3. The minimum atomic E-state index is -0.207. The minimum absolute atomic E-state index is 0.207. The molecule has 0 bridgehead atoms. The fourth-order valence-corrected chi connectivity index (χ4v) is 3.34. The number of H-pyrrole nitrogens is 1. The van der Waals surface area contributed by atoms with Crippen LogP contribution in [0.5, 0.6) is 0 Å². The maximum atomic E-state index is 12.3. The van der Waals surface area contributed by atoms with Crippen LogP contribution in [-0.4, -0.2) is 54.3 Å². The van der Waals surface area contributed by atoms with Crippen LogP contribution in [0, 0.1) is 0 Å². The second-order valence-corrected chi connectivity index (χ2v) is 6.70. The van der Waals surface area contributed by atoms with Crippen LogP contribution in [-0.2, 0) is 4.74 Å². The van der Waals surface area contributed by atoms with E-state index >= 15 is 0 Å². The molecule has 3 heterocycles. The zero-order chi connectivity index (χ0) is 19.3. The molecule has 0 spiro atoms. The Morgan fingerprint density at radius 1 is 1.21 bits per heavy atom. The molecule has 2 aromatic heterocycles. The first-order chi connectivity index (χ1) is 13.8. The van der Waals surface area contributed by atoms with Gasteiger partial charge in [0, 0.05) is 30.9 Å². The summed E-state index contributed by atoms with van der Waals surface area (Å²) >= 11 is 0. The molecule has 146 valence electrons. The average molecular weight is 380 g/mol. The number of aromatic amines is 1. The largest absolute Gasteiger partial charge is 0.378 e. The van der Waals surface area contributed by atoms with Gasteiger partial charge in [0.15, 0.2) is 0 Å². The SMILES string of the molecule is NCCCNc1nc(-c2ccc(N3CCOCC3)cc2)cc2nc[nH]c(=O)c12. The van der Waals surface area contributed by atoms with Crippen molar-refractivity contribution >= 4 is 22.4 Å². The fourth-order valence-electron chi connectivity index (χ4n) is 3.34. The highest BCUT2D eigenvalue weighted by Crippen LogP contribution is 2.27. The normalized spacial score (nSPS) is 14.4. The summed E-state index contributed by atoms with van der Waals surface area (Å²) < 4.78 is 5.42. The van der Waals surface area contributed by atoms with Crippen molar-refractivity contribution in [1.82, 2.24) is 15.0 Å². The Balaban J connectivity index is 1.68. The number of benzene rings is 1. The van der Waals surface area contributed by atoms with Gasteiger partial charge in [-0.2, -0.15) is 0 Å². The van der Waals surface area contributed by atoms with Gasteiger partial charge in [0.25, 0.3) is 5.56 Å². The molecular weight excluding hydrogens is 356 g/mol. The van der Waals surface area contributed by atoms with Crippen molar-refractivity contribution < 1.29 is 4.74 Å². The Kier molecular flexibility index (Phi) is 5.50. The quantitative estimate of drug-likeness (QED) is 0.557. The number of hydrogen-bond acceptors (Lipinski definition) is 7. The lowest BCUT2D eigenvalue weighted by Crippen LogP contribution is -2.36. The van der Waals surface area contributed by atoms with Gasteiger partial charge in [0.2, 0.25) is 0 Å². The first-order valence-corrected chi connectivity index (χ1v) is 9.52. The molecule has 4 N–H and O–H groups in total. The number of fused-ring (bicyclic) bond motifs is 1. The third-order valence-electron chi connectivity index (χ3n) is 4.84. The van der Waals surface area contributed by atoms with Crippen molar-refractivity contribution in [3.63, 3.8) is 0 Å². The molecule has 3 aromatic rings. The molecule has 4 rings (SSSR count). The van der Waals surface area contributed by atoms with Gasteiger partial charge in [0.05, 0.1) is 30.8 Å². The van der Waals surface area contributed by atoms with E-state index in [4.69, 9.17) is 15.5 Å². The highest BCUT2D eigenvalue weighted by molar-refractivity contribution is 5.91. The van der Waals surface area contributed by atoms with Crippen LogP contribution in [0.2, 0.25) is 0 Å². The number of morpholine rings is 1. The molecule has 0 radical (unpaired) electrons. The molecule has 0 atom stereocenters. The Hall–Kier alpha value is -2.97. The van der Waals surface area contributed by atoms with Crippen LogP contribution in [0.1, 0.15) is 6.42 Å². The Morgan fingerprint density at radius 3 is 2.75 bits per heavy atom. The van der Waals surface area contributed by atoms with Crippen LogP contribution in [0.25, 0.3) is 22.2 Å². The second kappa shape index (κ2) is 8.37. The Morgan fingerprint density at radius 2 is 2.00 bits per heavy atom. The average Bonchev–Trinajstić information content (AvgIpc) is 2.74. The summed E-state index contributed by atoms with van der Waals surface area (Å²) in [6.07, 6.45) is 2.21. The van der Waals surface area contributed by atoms with E-state index in [1.165, 1.54) is 12.0 Å². The summed E-state index contributed by atoms with van der Waals surface area (Å²) in [5.74, 6) is 0.535. The van der Waals surface area contributed by atoms with E-state index in [0.29, 0.717) is 29.8 Å². The van der Waals surface area contributed by atoms with Gasteiger partial charge >= 0.3 is 0 Å². The first kappa shape index (κ1) is 18.4. The predicted molar refractivity (Wildman–Crippen MR) is 111 cm³/mol. The standard InChI is InChI=1S/C20H24N6O2/c21-6-1-7-22-19-18-17(23-13-24-20(18)27)12-16(25-19)14-2-4-15(5-3-14)26-8-10-28-11-9-26/h2-5,12-13H,1,6-11,21H2,(H,22,25)(H,23,24,27). The number of anilines is 2. The van der Waals surface area contributed by atoms with E-state index in [1.54, 1.807) is 0 Å². The van der Waals surface area contributed by atoms with E-state index in [9.17, 15) is 4.79 Å². The van der Waals surface area contributed by atoms with Crippen LogP contribution in [0.4, 0.5) is 11.5 Å². The molecule has 1 fully saturated rings. The lowest BCUT2D eigenvalue weighted by Gasteiger charge is -2.28. The molecule has 1 saturated heterocycles. The molecule has 1 aromatic carbocycles. The summed E-state index contributed by atoms with van der Waals surface area (Å²) in [4.78, 5) is 26.2. The maximum absolute atomic E-state index is 12.3. The zero-order valence-electron chi connectivity index (χ0n) is 15.6. The van der Waals surface area contributed by atoms with Crippen LogP contribution < -0.4 is 21.5 Å². The van der Waals surface area contributed by atoms with Crippen molar-refractivity contribution in [2.24, 2.45) is 5.73 Å². The molecular formula is C20H24N6O2. The summed E-state index contributed by atoms with van der Waals surface area (Å²) in [5.41, 5.74) is 8.90. The molecule has 28 heavy (non-hydrogen) atoms. The number of pyridine rings is 1. The molecule has 0 amide bonds. The van der Waals surface area contributed by atoms with Gasteiger partial charge < -0.3 is 25.7 Å². The summed E-state index contributed by atoms with van der Waals surface area (Å²) in [5, 5.41) is 3.70. The number of ether oxygens (including phenoxy) is 1. The topological polar surface area (TPSA) is 109 Å². The summed E-state index contributed by atoms with van der Waals surface area (Å²) in [7, 11) is 0. The van der Waals surface area contributed by atoms with Gasteiger partial charge in [-0.1, -0.05) is 12.1 Å². The predicted octanol–water partition coefficient (Wildman–Crippen LogP) is 1.58. The van der Waals surface area contributed by atoms with E-state index in [2.05, 4.69) is 44.5 Å². The fraction of sp³-hybridized carbons (Fsp3) is 0.350. The van der Waals surface area contributed by atoms with Crippen LogP contribution in [0.15, 0.2) is 41.5 Å². The number of hydrogen-bond donors (Lipinski definition) is 3. The van der Waals surface area contributed by atoms with Crippen molar-refractivity contribution in [1.29, 1.82) is 0 Å². The first-order valence-electron chi connectivity index (χ1n) is 9.52. The highest BCUT2D eigenvalue weighted by atomic mass is 16.5. The highest BCUT2D eigenvalue weighted by Gasteiger charge is 2.14. The smallest absolute Gasteiger partial charge is 0.262 e. The molecule has 0 saturated carbocycles. The van der Waals surface area contributed by atoms with E-state index in [1.807, 2.05) is 6.07 Å². The molecule has 8 heteroatoms. The number of rotatable bonds is 6. The number of nitrogens with zero attached hydrogens (tertiary/aromatic N) is 3. The van der Waals surface area contributed by atoms with E-state index in [-0.39, 0.29) is 5.56 Å².